The molecule has 0 radical (unpaired) electrons. The zero-order chi connectivity index (χ0) is 22.5. The monoisotopic (exact) mass is 496 g/mol. The van der Waals surface area contributed by atoms with Crippen molar-refractivity contribution in [3.63, 3.8) is 0 Å². The first-order chi connectivity index (χ1) is 14.8. The van der Waals surface area contributed by atoms with Crippen LogP contribution in [0.2, 0.25) is 15.1 Å². The lowest BCUT2D eigenvalue weighted by Crippen LogP contribution is -2.05. The van der Waals surface area contributed by atoms with Crippen LogP contribution in [0.3, 0.4) is 0 Å². The summed E-state index contributed by atoms with van der Waals surface area (Å²) in [6, 6.07) is 14.7. The van der Waals surface area contributed by atoms with Crippen molar-refractivity contribution < 1.29 is 14.5 Å². The molecule has 0 amide bonds. The highest BCUT2D eigenvalue weighted by Gasteiger charge is 2.17. The lowest BCUT2D eigenvalue weighted by molar-refractivity contribution is -0.387. The standard InChI is InChI=1S/C21H15Cl3N2O4S/c1-30-21(27)13-3-5-16(23)18(9-13)25-11-12-2-7-20(19(8-12)26(28)29)31-14-4-6-15(22)17(24)10-14/h2-10,25H,11H2,1H3. The Balaban J connectivity index is 1.80. The molecule has 10 heteroatoms. The van der Waals surface area contributed by atoms with Gasteiger partial charge in [0.1, 0.15) is 0 Å². The fourth-order valence-electron chi connectivity index (χ4n) is 2.67. The van der Waals surface area contributed by atoms with E-state index >= 15 is 0 Å². The largest absolute Gasteiger partial charge is 0.465 e. The molecular weight excluding hydrogens is 483 g/mol. The molecule has 3 rings (SSSR count). The number of benzene rings is 3. The Bertz CT molecular complexity index is 1160. The zero-order valence-corrected chi connectivity index (χ0v) is 19.1. The van der Waals surface area contributed by atoms with E-state index in [4.69, 9.17) is 39.5 Å². The summed E-state index contributed by atoms with van der Waals surface area (Å²) in [6.07, 6.45) is 0. The average Bonchev–Trinajstić information content (AvgIpc) is 2.75. The Morgan fingerprint density at radius 1 is 1.03 bits per heavy atom. The fourth-order valence-corrected chi connectivity index (χ4v) is 4.16. The van der Waals surface area contributed by atoms with Crippen LogP contribution in [-0.2, 0) is 11.3 Å². The van der Waals surface area contributed by atoms with Crippen molar-refractivity contribution in [2.45, 2.75) is 16.3 Å². The molecule has 0 heterocycles. The van der Waals surface area contributed by atoms with Gasteiger partial charge in [0.15, 0.2) is 0 Å². The maximum absolute atomic E-state index is 11.7. The second-order valence-corrected chi connectivity index (χ2v) is 8.61. The Kier molecular flexibility index (Phi) is 7.67. The number of ether oxygens (including phenoxy) is 1. The third kappa shape index (κ3) is 5.83. The van der Waals surface area contributed by atoms with E-state index in [1.807, 2.05) is 0 Å². The van der Waals surface area contributed by atoms with Crippen LogP contribution < -0.4 is 5.32 Å². The van der Waals surface area contributed by atoms with Gasteiger partial charge in [-0.3, -0.25) is 10.1 Å². The number of hydrogen-bond acceptors (Lipinski definition) is 6. The van der Waals surface area contributed by atoms with Gasteiger partial charge in [-0.2, -0.15) is 0 Å². The summed E-state index contributed by atoms with van der Waals surface area (Å²) in [5.74, 6) is -0.487. The number of methoxy groups -OCH3 is 1. The minimum Gasteiger partial charge on any atom is -0.465 e. The highest BCUT2D eigenvalue weighted by molar-refractivity contribution is 7.99. The minimum atomic E-state index is -0.487. The lowest BCUT2D eigenvalue weighted by atomic mass is 10.1. The molecule has 0 atom stereocenters. The number of nitro benzene ring substituents is 1. The Morgan fingerprint density at radius 2 is 1.77 bits per heavy atom. The normalized spacial score (nSPS) is 10.6. The summed E-state index contributed by atoms with van der Waals surface area (Å²) >= 11 is 19.4. The van der Waals surface area contributed by atoms with E-state index < -0.39 is 10.9 Å². The number of esters is 1. The molecular formula is C21H15Cl3N2O4S. The van der Waals surface area contributed by atoms with E-state index in [2.05, 4.69) is 5.32 Å². The van der Waals surface area contributed by atoms with Crippen LogP contribution in [0.5, 0.6) is 0 Å². The SMILES string of the molecule is COC(=O)c1ccc(Cl)c(NCc2ccc(Sc3ccc(Cl)c(Cl)c3)c([N+](=O)[O-])c2)c1. The summed E-state index contributed by atoms with van der Waals surface area (Å²) in [4.78, 5) is 24.1. The van der Waals surface area contributed by atoms with Gasteiger partial charge in [-0.1, -0.05) is 52.6 Å². The summed E-state index contributed by atoms with van der Waals surface area (Å²) in [6.45, 7) is 0.267. The molecule has 1 N–H and O–H groups in total. The Labute approximate surface area is 197 Å². The van der Waals surface area contributed by atoms with Crippen molar-refractivity contribution >= 4 is 63.9 Å². The molecule has 0 aliphatic heterocycles. The van der Waals surface area contributed by atoms with Gasteiger partial charge in [0.05, 0.1) is 43.2 Å². The van der Waals surface area contributed by atoms with Gasteiger partial charge in [-0.25, -0.2) is 4.79 Å². The van der Waals surface area contributed by atoms with Crippen LogP contribution in [0.15, 0.2) is 64.4 Å². The number of carbonyl (C=O) groups excluding carboxylic acids is 1. The summed E-state index contributed by atoms with van der Waals surface area (Å²) < 4.78 is 4.71. The van der Waals surface area contributed by atoms with Gasteiger partial charge >= 0.3 is 5.97 Å². The predicted octanol–water partition coefficient (Wildman–Crippen LogP) is 7.10. The van der Waals surface area contributed by atoms with Crippen LogP contribution in [0.25, 0.3) is 0 Å². The first kappa shape index (κ1) is 23.2. The van der Waals surface area contributed by atoms with Crippen molar-refractivity contribution in [3.05, 3.63) is 90.9 Å². The number of nitrogens with zero attached hydrogens (tertiary/aromatic N) is 1. The Hall–Kier alpha value is -2.45. The number of carbonyl (C=O) groups is 1. The van der Waals surface area contributed by atoms with Gasteiger partial charge in [-0.15, -0.1) is 0 Å². The third-order valence-electron chi connectivity index (χ3n) is 4.21. The number of nitro groups is 1. The van der Waals surface area contributed by atoms with Crippen molar-refractivity contribution in [1.82, 2.24) is 0 Å². The highest BCUT2D eigenvalue weighted by atomic mass is 35.5. The third-order valence-corrected chi connectivity index (χ3v) is 6.33. The second-order valence-electron chi connectivity index (χ2n) is 6.28. The second kappa shape index (κ2) is 10.2. The molecule has 0 spiro atoms. The maximum Gasteiger partial charge on any atom is 0.337 e. The molecule has 0 fully saturated rings. The molecule has 0 unspecified atom stereocenters. The number of anilines is 1. The van der Waals surface area contributed by atoms with Gasteiger partial charge in [0.2, 0.25) is 0 Å². The molecule has 0 aliphatic carbocycles. The zero-order valence-electron chi connectivity index (χ0n) is 16.0. The quantitative estimate of drug-likeness (QED) is 0.213. The van der Waals surface area contributed by atoms with Crippen LogP contribution in [0.4, 0.5) is 11.4 Å². The van der Waals surface area contributed by atoms with E-state index in [-0.39, 0.29) is 12.2 Å². The summed E-state index contributed by atoms with van der Waals surface area (Å²) in [5.41, 5.74) is 1.49. The van der Waals surface area contributed by atoms with E-state index in [1.165, 1.54) is 24.9 Å². The smallest absolute Gasteiger partial charge is 0.337 e. The maximum atomic E-state index is 11.7. The van der Waals surface area contributed by atoms with E-state index in [9.17, 15) is 14.9 Å². The first-order valence-corrected chi connectivity index (χ1v) is 10.8. The molecule has 0 bridgehead atoms. The van der Waals surface area contributed by atoms with Crippen molar-refractivity contribution in [2.24, 2.45) is 0 Å². The lowest BCUT2D eigenvalue weighted by Gasteiger charge is -2.11. The first-order valence-electron chi connectivity index (χ1n) is 8.80. The van der Waals surface area contributed by atoms with Gasteiger partial charge < -0.3 is 10.1 Å². The molecule has 160 valence electrons. The molecule has 0 saturated heterocycles. The topological polar surface area (TPSA) is 81.5 Å². The van der Waals surface area contributed by atoms with Gasteiger partial charge in [0, 0.05) is 17.5 Å². The van der Waals surface area contributed by atoms with Crippen molar-refractivity contribution in [2.75, 3.05) is 12.4 Å². The van der Waals surface area contributed by atoms with Gasteiger partial charge in [0.25, 0.3) is 5.69 Å². The fraction of sp³-hybridized carbons (Fsp3) is 0.0952. The molecule has 6 nitrogen and oxygen atoms in total. The highest BCUT2D eigenvalue weighted by Crippen LogP contribution is 2.37. The summed E-state index contributed by atoms with van der Waals surface area (Å²) in [7, 11) is 1.29. The van der Waals surface area contributed by atoms with E-state index in [0.717, 1.165) is 4.90 Å². The Morgan fingerprint density at radius 3 is 2.45 bits per heavy atom. The molecule has 0 saturated carbocycles. The number of rotatable bonds is 7. The number of nitrogens with one attached hydrogen (secondary N) is 1. The summed E-state index contributed by atoms with van der Waals surface area (Å²) in [5, 5.41) is 15.9. The van der Waals surface area contributed by atoms with Crippen LogP contribution in [0.1, 0.15) is 15.9 Å². The molecule has 0 aliphatic rings. The van der Waals surface area contributed by atoms with Crippen LogP contribution in [0, 0.1) is 10.1 Å². The molecule has 3 aromatic carbocycles. The molecule has 3 aromatic rings. The predicted molar refractivity (Wildman–Crippen MR) is 124 cm³/mol. The van der Waals surface area contributed by atoms with Crippen molar-refractivity contribution in [3.8, 4) is 0 Å². The molecule has 31 heavy (non-hydrogen) atoms. The van der Waals surface area contributed by atoms with Crippen molar-refractivity contribution in [1.29, 1.82) is 0 Å². The van der Waals surface area contributed by atoms with Crippen LogP contribution in [-0.4, -0.2) is 18.0 Å². The minimum absolute atomic E-state index is 0.0372. The van der Waals surface area contributed by atoms with E-state index in [1.54, 1.807) is 48.5 Å². The number of halogens is 3. The number of hydrogen-bond donors (Lipinski definition) is 1. The molecule has 0 aromatic heterocycles. The van der Waals surface area contributed by atoms with E-state index in [0.29, 0.717) is 36.8 Å². The average molecular weight is 498 g/mol. The van der Waals surface area contributed by atoms with Crippen LogP contribution >= 0.6 is 46.6 Å². The van der Waals surface area contributed by atoms with Gasteiger partial charge in [-0.05, 0) is 48.0 Å².